The fourth-order valence-electron chi connectivity index (χ4n) is 4.75. The predicted octanol–water partition coefficient (Wildman–Crippen LogP) is 1.02. The molecule has 180 valence electrons. The average Bonchev–Trinajstić information content (AvgIpc) is 3.32. The van der Waals surface area contributed by atoms with Gasteiger partial charge in [-0.1, -0.05) is 38.0 Å². The highest BCUT2D eigenvalue weighted by Gasteiger charge is 2.44. The molecule has 0 spiro atoms. The molecule has 0 bridgehead atoms. The summed E-state index contributed by atoms with van der Waals surface area (Å²) < 4.78 is 7.04. The molecule has 2 aliphatic rings. The highest BCUT2D eigenvalue weighted by molar-refractivity contribution is 5.82. The summed E-state index contributed by atoms with van der Waals surface area (Å²) in [6.07, 6.45) is 6.72. The van der Waals surface area contributed by atoms with E-state index in [1.54, 1.807) is 0 Å². The van der Waals surface area contributed by atoms with E-state index in [2.05, 4.69) is 26.8 Å². The molecule has 4 rings (SSSR count). The minimum absolute atomic E-state index is 0.152. The highest BCUT2D eigenvalue weighted by atomic mass is 16.6. The van der Waals surface area contributed by atoms with E-state index in [0.29, 0.717) is 17.6 Å². The van der Waals surface area contributed by atoms with E-state index in [-0.39, 0.29) is 11.6 Å². The van der Waals surface area contributed by atoms with Gasteiger partial charge in [-0.2, -0.15) is 0 Å². The van der Waals surface area contributed by atoms with Crippen molar-refractivity contribution in [3.8, 4) is 11.8 Å². The summed E-state index contributed by atoms with van der Waals surface area (Å²) in [5, 5.41) is 40.6. The SMILES string of the molecule is Nc1nc(C#CCCCC2(O)CCCCCCC2)nc2c1ncn2[C@@H]1O[C@H](CO)[C@@H](O)[C@H]1O. The molecule has 2 aromatic heterocycles. The summed E-state index contributed by atoms with van der Waals surface area (Å²) in [6, 6.07) is 0. The quantitative estimate of drug-likeness (QED) is 0.325. The molecule has 1 aliphatic heterocycles. The zero-order valence-electron chi connectivity index (χ0n) is 18.7. The first kappa shape index (κ1) is 23.9. The molecule has 0 radical (unpaired) electrons. The zero-order chi connectivity index (χ0) is 23.4. The molecule has 2 fully saturated rings. The molecule has 6 N–H and O–H groups in total. The minimum atomic E-state index is -1.26. The van der Waals surface area contributed by atoms with Crippen molar-refractivity contribution in [1.29, 1.82) is 0 Å². The van der Waals surface area contributed by atoms with Gasteiger partial charge in [0.25, 0.3) is 0 Å². The number of imidazole rings is 1. The van der Waals surface area contributed by atoms with Gasteiger partial charge in [0, 0.05) is 6.42 Å². The first-order valence-corrected chi connectivity index (χ1v) is 11.8. The highest BCUT2D eigenvalue weighted by Crippen LogP contribution is 2.32. The Morgan fingerprint density at radius 1 is 1.12 bits per heavy atom. The maximum absolute atomic E-state index is 10.9. The monoisotopic (exact) mass is 459 g/mol. The van der Waals surface area contributed by atoms with Gasteiger partial charge in [0.1, 0.15) is 23.8 Å². The summed E-state index contributed by atoms with van der Waals surface area (Å²) >= 11 is 0. The van der Waals surface area contributed by atoms with Crippen molar-refractivity contribution in [2.24, 2.45) is 0 Å². The Kier molecular flexibility index (Phi) is 7.46. The summed E-state index contributed by atoms with van der Waals surface area (Å²) in [5.41, 5.74) is 6.12. The molecule has 1 saturated heterocycles. The molecule has 0 unspecified atom stereocenters. The Morgan fingerprint density at radius 2 is 1.85 bits per heavy atom. The van der Waals surface area contributed by atoms with Crippen LogP contribution in [-0.4, -0.2) is 70.5 Å². The van der Waals surface area contributed by atoms with Crippen LogP contribution in [-0.2, 0) is 4.74 Å². The normalized spacial score (nSPS) is 27.6. The lowest BCUT2D eigenvalue weighted by Crippen LogP contribution is -2.33. The molecule has 33 heavy (non-hydrogen) atoms. The number of aliphatic hydroxyl groups excluding tert-OH is 3. The smallest absolute Gasteiger partial charge is 0.208 e. The number of fused-ring (bicyclic) bond motifs is 1. The van der Waals surface area contributed by atoms with Crippen LogP contribution in [0.25, 0.3) is 11.2 Å². The summed E-state index contributed by atoms with van der Waals surface area (Å²) in [5.74, 6) is 6.37. The molecule has 3 heterocycles. The third-order valence-electron chi connectivity index (χ3n) is 6.67. The van der Waals surface area contributed by atoms with Crippen LogP contribution in [0.1, 0.15) is 76.3 Å². The summed E-state index contributed by atoms with van der Waals surface area (Å²) in [7, 11) is 0. The number of anilines is 1. The number of hydrogen-bond acceptors (Lipinski definition) is 9. The molecule has 0 amide bonds. The minimum Gasteiger partial charge on any atom is -0.394 e. The fourth-order valence-corrected chi connectivity index (χ4v) is 4.75. The van der Waals surface area contributed by atoms with Crippen molar-refractivity contribution < 1.29 is 25.2 Å². The van der Waals surface area contributed by atoms with Gasteiger partial charge >= 0.3 is 0 Å². The van der Waals surface area contributed by atoms with Gasteiger partial charge in [-0.15, -0.1) is 0 Å². The fraction of sp³-hybridized carbons (Fsp3) is 0.696. The molecule has 10 nitrogen and oxygen atoms in total. The van der Waals surface area contributed by atoms with Gasteiger partial charge in [-0.3, -0.25) is 4.57 Å². The van der Waals surface area contributed by atoms with Crippen LogP contribution >= 0.6 is 0 Å². The number of nitrogens with zero attached hydrogens (tertiary/aromatic N) is 4. The Bertz CT molecular complexity index is 1010. The summed E-state index contributed by atoms with van der Waals surface area (Å²) in [6.45, 7) is -0.426. The van der Waals surface area contributed by atoms with E-state index in [1.165, 1.54) is 30.2 Å². The van der Waals surface area contributed by atoms with Crippen molar-refractivity contribution >= 4 is 17.0 Å². The molecule has 0 aromatic carbocycles. The Hall–Kier alpha value is -2.29. The van der Waals surface area contributed by atoms with Crippen LogP contribution in [0, 0.1) is 11.8 Å². The molecule has 1 aliphatic carbocycles. The summed E-state index contributed by atoms with van der Waals surface area (Å²) in [4.78, 5) is 12.8. The standard InChI is InChI=1S/C23H33N5O5/c24-20-17-21(28(14-25-17)22-19(31)18(30)15(13-29)33-22)27-16(26-20)9-5-4-8-12-23(32)10-6-2-1-3-7-11-23/h14-15,18-19,22,29-32H,1-4,6-8,10-13H2,(H2,24,26,27)/t15-,18-,19-,22-/m1/s1. The maximum Gasteiger partial charge on any atom is 0.208 e. The molecule has 4 atom stereocenters. The van der Waals surface area contributed by atoms with Crippen molar-refractivity contribution in [2.45, 2.75) is 94.3 Å². The van der Waals surface area contributed by atoms with E-state index in [4.69, 9.17) is 10.5 Å². The van der Waals surface area contributed by atoms with Gasteiger partial charge < -0.3 is 30.9 Å². The molecular formula is C23H33N5O5. The molecule has 1 saturated carbocycles. The molecular weight excluding hydrogens is 426 g/mol. The number of aliphatic hydroxyl groups is 4. The number of rotatable bonds is 5. The average molecular weight is 460 g/mol. The number of nitrogens with two attached hydrogens (primary N) is 1. The van der Waals surface area contributed by atoms with E-state index in [0.717, 1.165) is 38.5 Å². The Balaban J connectivity index is 1.44. The van der Waals surface area contributed by atoms with Gasteiger partial charge in [0.05, 0.1) is 18.5 Å². The van der Waals surface area contributed by atoms with Crippen molar-refractivity contribution in [3.05, 3.63) is 12.2 Å². The van der Waals surface area contributed by atoms with E-state index < -0.39 is 36.7 Å². The van der Waals surface area contributed by atoms with E-state index in [9.17, 15) is 20.4 Å². The first-order valence-electron chi connectivity index (χ1n) is 11.8. The lowest BCUT2D eigenvalue weighted by atomic mass is 9.83. The largest absolute Gasteiger partial charge is 0.394 e. The topological polar surface area (TPSA) is 160 Å². The van der Waals surface area contributed by atoms with Crippen LogP contribution < -0.4 is 5.73 Å². The van der Waals surface area contributed by atoms with Crippen molar-refractivity contribution in [2.75, 3.05) is 12.3 Å². The van der Waals surface area contributed by atoms with E-state index >= 15 is 0 Å². The van der Waals surface area contributed by atoms with E-state index in [1.807, 2.05) is 0 Å². The second-order valence-electron chi connectivity index (χ2n) is 9.13. The van der Waals surface area contributed by atoms with Gasteiger partial charge in [0.2, 0.25) is 5.82 Å². The second kappa shape index (κ2) is 10.3. The number of aromatic nitrogens is 4. The third-order valence-corrected chi connectivity index (χ3v) is 6.67. The van der Waals surface area contributed by atoms with Gasteiger partial charge in [-0.25, -0.2) is 15.0 Å². The Morgan fingerprint density at radius 3 is 2.55 bits per heavy atom. The number of unbranched alkanes of at least 4 members (excludes halogenated alkanes) is 1. The first-order chi connectivity index (χ1) is 15.9. The van der Waals surface area contributed by atoms with Crippen molar-refractivity contribution in [1.82, 2.24) is 19.5 Å². The maximum atomic E-state index is 10.9. The second-order valence-corrected chi connectivity index (χ2v) is 9.13. The molecule has 10 heteroatoms. The lowest BCUT2D eigenvalue weighted by molar-refractivity contribution is -0.0511. The van der Waals surface area contributed by atoms with Crippen LogP contribution in [0.4, 0.5) is 5.82 Å². The van der Waals surface area contributed by atoms with Crippen LogP contribution in [0.3, 0.4) is 0 Å². The van der Waals surface area contributed by atoms with Crippen LogP contribution in [0.15, 0.2) is 6.33 Å². The van der Waals surface area contributed by atoms with Crippen LogP contribution in [0.5, 0.6) is 0 Å². The van der Waals surface area contributed by atoms with Crippen molar-refractivity contribution in [3.63, 3.8) is 0 Å². The van der Waals surface area contributed by atoms with Gasteiger partial charge in [-0.05, 0) is 31.6 Å². The van der Waals surface area contributed by atoms with Crippen LogP contribution in [0.2, 0.25) is 0 Å². The predicted molar refractivity (Wildman–Crippen MR) is 121 cm³/mol. The Labute approximate surface area is 192 Å². The van der Waals surface area contributed by atoms with Gasteiger partial charge in [0.15, 0.2) is 17.7 Å². The lowest BCUT2D eigenvalue weighted by Gasteiger charge is -2.30. The zero-order valence-corrected chi connectivity index (χ0v) is 18.7. The number of hydrogen-bond donors (Lipinski definition) is 5. The number of nitrogen functional groups attached to an aromatic ring is 1. The number of ether oxygens (including phenoxy) is 1. The molecule has 2 aromatic rings. The third kappa shape index (κ3) is 5.28.